The van der Waals surface area contributed by atoms with E-state index >= 15 is 0 Å². The molecular weight excluding hydrogens is 466 g/mol. The van der Waals surface area contributed by atoms with Gasteiger partial charge in [0.15, 0.2) is 0 Å². The largest absolute Gasteiger partial charge is 0.465 e. The molecule has 0 aliphatic heterocycles. The molecule has 2 unspecified atom stereocenters. The van der Waals surface area contributed by atoms with Crippen LogP contribution in [0.4, 0.5) is 26.3 Å². The van der Waals surface area contributed by atoms with Crippen molar-refractivity contribution in [3.63, 3.8) is 0 Å². The Morgan fingerprint density at radius 2 is 1.71 bits per heavy atom. The second kappa shape index (κ2) is 9.98. The third-order valence-corrected chi connectivity index (χ3v) is 5.01. The van der Waals surface area contributed by atoms with Gasteiger partial charge in [-0.25, -0.2) is 4.98 Å². The maximum Gasteiger partial charge on any atom is 0.433 e. The van der Waals surface area contributed by atoms with E-state index in [1.165, 1.54) is 6.92 Å². The lowest BCUT2D eigenvalue weighted by Crippen LogP contribution is -2.42. The van der Waals surface area contributed by atoms with E-state index in [1.54, 1.807) is 30.3 Å². The number of ether oxygens (including phenoxy) is 1. The molecule has 0 radical (unpaired) electrons. The van der Waals surface area contributed by atoms with Crippen LogP contribution >= 0.6 is 0 Å². The number of alkyl halides is 6. The first-order valence-electron chi connectivity index (χ1n) is 10.1. The number of fused-ring (bicyclic) bond motifs is 1. The third-order valence-electron chi connectivity index (χ3n) is 5.01. The number of hydrogen-bond donors (Lipinski definition) is 2. The molecule has 34 heavy (non-hydrogen) atoms. The topological polar surface area (TPSA) is 71.5 Å². The molecule has 0 fully saturated rings. The average molecular weight is 486 g/mol. The second-order valence-corrected chi connectivity index (χ2v) is 7.34. The number of nitrogens with zero attached hydrogens (tertiary/aromatic N) is 1. The van der Waals surface area contributed by atoms with Gasteiger partial charge >= 0.3 is 18.3 Å². The first-order chi connectivity index (χ1) is 15.9. The Hall–Kier alpha value is -3.18. The number of pyridine rings is 1. The minimum Gasteiger partial charge on any atom is -0.465 e. The van der Waals surface area contributed by atoms with Gasteiger partial charge in [-0.15, -0.1) is 0 Å². The van der Waals surface area contributed by atoms with E-state index in [0.29, 0.717) is 17.7 Å². The monoisotopic (exact) mass is 486 g/mol. The maximum absolute atomic E-state index is 13.5. The number of halogens is 6. The molecule has 1 heterocycles. The SMILES string of the molecule is CCOC(=O)C(NCc1ccccc1)C(O)c1cc(C(F)(F)F)nc2c(C(F)(F)F)cccc12. The minimum absolute atomic E-state index is 0.0321. The maximum atomic E-state index is 13.5. The lowest BCUT2D eigenvalue weighted by atomic mass is 9.95. The Bertz CT molecular complexity index is 1150. The van der Waals surface area contributed by atoms with Crippen molar-refractivity contribution >= 4 is 16.9 Å². The number of para-hydroxylation sites is 1. The summed E-state index contributed by atoms with van der Waals surface area (Å²) in [5.74, 6) is -0.976. The summed E-state index contributed by atoms with van der Waals surface area (Å²) in [6, 6.07) is 10.2. The van der Waals surface area contributed by atoms with E-state index in [9.17, 15) is 36.2 Å². The molecule has 2 aromatic carbocycles. The predicted molar refractivity (Wildman–Crippen MR) is 110 cm³/mol. The number of aromatic nitrogens is 1. The summed E-state index contributed by atoms with van der Waals surface area (Å²) >= 11 is 0. The van der Waals surface area contributed by atoms with Crippen molar-refractivity contribution in [3.8, 4) is 0 Å². The second-order valence-electron chi connectivity index (χ2n) is 7.34. The molecular formula is C23H20F6N2O3. The number of esters is 1. The molecule has 0 aliphatic rings. The molecule has 11 heteroatoms. The summed E-state index contributed by atoms with van der Waals surface area (Å²) in [5, 5.41) is 13.4. The van der Waals surface area contributed by atoms with Gasteiger partial charge in [0, 0.05) is 11.9 Å². The summed E-state index contributed by atoms with van der Waals surface area (Å²) in [5.41, 5.74) is -3.85. The standard InChI is InChI=1S/C23H20F6N2O3/c1-2-34-21(33)19(30-12-13-7-4-3-5-8-13)20(32)15-11-17(23(27,28)29)31-18-14(15)9-6-10-16(18)22(24,25)26/h3-11,19-20,30,32H,2,12H2,1H3. The Labute approximate surface area is 190 Å². The Balaban J connectivity index is 2.14. The van der Waals surface area contributed by atoms with E-state index in [2.05, 4.69) is 10.3 Å². The zero-order valence-electron chi connectivity index (χ0n) is 17.7. The Kier molecular flexibility index (Phi) is 7.47. The molecule has 3 rings (SSSR count). The van der Waals surface area contributed by atoms with Crippen molar-refractivity contribution in [3.05, 3.63) is 77.0 Å². The average Bonchev–Trinajstić information content (AvgIpc) is 2.77. The summed E-state index contributed by atoms with van der Waals surface area (Å²) in [6.45, 7) is 1.44. The minimum atomic E-state index is -5.10. The number of aliphatic hydroxyl groups excluding tert-OH is 1. The number of benzene rings is 2. The van der Waals surface area contributed by atoms with Gasteiger partial charge in [0.1, 0.15) is 17.8 Å². The van der Waals surface area contributed by atoms with Crippen LogP contribution in [0.5, 0.6) is 0 Å². The van der Waals surface area contributed by atoms with Gasteiger partial charge < -0.3 is 9.84 Å². The zero-order valence-corrected chi connectivity index (χ0v) is 17.7. The van der Waals surface area contributed by atoms with Crippen LogP contribution in [0.1, 0.15) is 35.4 Å². The highest BCUT2D eigenvalue weighted by atomic mass is 19.4. The highest BCUT2D eigenvalue weighted by Gasteiger charge is 2.39. The van der Waals surface area contributed by atoms with Crippen LogP contribution in [0.25, 0.3) is 10.9 Å². The van der Waals surface area contributed by atoms with Crippen molar-refractivity contribution in [2.75, 3.05) is 6.61 Å². The first kappa shape index (κ1) is 25.4. The number of nitrogens with one attached hydrogen (secondary N) is 1. The van der Waals surface area contributed by atoms with Crippen molar-refractivity contribution < 1.29 is 41.0 Å². The van der Waals surface area contributed by atoms with E-state index < -0.39 is 52.8 Å². The number of carbonyl (C=O) groups is 1. The Morgan fingerprint density at radius 3 is 2.29 bits per heavy atom. The summed E-state index contributed by atoms with van der Waals surface area (Å²) in [6.07, 6.45) is -12.1. The van der Waals surface area contributed by atoms with Crippen LogP contribution < -0.4 is 5.32 Å². The van der Waals surface area contributed by atoms with Crippen LogP contribution in [-0.4, -0.2) is 28.7 Å². The molecule has 2 N–H and O–H groups in total. The van der Waals surface area contributed by atoms with Gasteiger partial charge in [-0.3, -0.25) is 10.1 Å². The van der Waals surface area contributed by atoms with Crippen LogP contribution in [0, 0.1) is 0 Å². The predicted octanol–water partition coefficient (Wildman–Crippen LogP) is 5.03. The van der Waals surface area contributed by atoms with Gasteiger partial charge in [-0.1, -0.05) is 42.5 Å². The van der Waals surface area contributed by atoms with Gasteiger partial charge in [0.25, 0.3) is 0 Å². The van der Waals surface area contributed by atoms with Crippen molar-refractivity contribution in [2.24, 2.45) is 0 Å². The highest BCUT2D eigenvalue weighted by Crippen LogP contribution is 2.39. The van der Waals surface area contributed by atoms with Gasteiger partial charge in [0.2, 0.25) is 0 Å². The first-order valence-corrected chi connectivity index (χ1v) is 10.1. The molecule has 2 atom stereocenters. The lowest BCUT2D eigenvalue weighted by Gasteiger charge is -2.25. The van der Waals surface area contributed by atoms with Crippen LogP contribution in [-0.2, 0) is 28.4 Å². The van der Waals surface area contributed by atoms with E-state index in [-0.39, 0.29) is 18.5 Å². The fraction of sp³-hybridized carbons (Fsp3) is 0.304. The normalized spacial score (nSPS) is 14.1. The van der Waals surface area contributed by atoms with E-state index in [0.717, 1.165) is 12.1 Å². The van der Waals surface area contributed by atoms with Crippen LogP contribution in [0.2, 0.25) is 0 Å². The van der Waals surface area contributed by atoms with Gasteiger partial charge in [-0.05, 0) is 30.2 Å². The lowest BCUT2D eigenvalue weighted by molar-refractivity contribution is -0.149. The van der Waals surface area contributed by atoms with Gasteiger partial charge in [-0.2, -0.15) is 26.3 Å². The fourth-order valence-electron chi connectivity index (χ4n) is 3.45. The molecule has 3 aromatic rings. The molecule has 0 bridgehead atoms. The smallest absolute Gasteiger partial charge is 0.433 e. The number of hydrogen-bond acceptors (Lipinski definition) is 5. The quantitative estimate of drug-likeness (QED) is 0.362. The number of rotatable bonds is 7. The molecule has 0 aliphatic carbocycles. The molecule has 0 saturated heterocycles. The van der Waals surface area contributed by atoms with Crippen LogP contribution in [0.15, 0.2) is 54.6 Å². The van der Waals surface area contributed by atoms with Gasteiger partial charge in [0.05, 0.1) is 17.7 Å². The van der Waals surface area contributed by atoms with E-state index in [4.69, 9.17) is 4.74 Å². The van der Waals surface area contributed by atoms with Crippen LogP contribution in [0.3, 0.4) is 0 Å². The van der Waals surface area contributed by atoms with Crippen molar-refractivity contribution in [1.29, 1.82) is 0 Å². The summed E-state index contributed by atoms with van der Waals surface area (Å²) < 4.78 is 86.0. The molecule has 0 spiro atoms. The molecule has 5 nitrogen and oxygen atoms in total. The Morgan fingerprint density at radius 1 is 1.03 bits per heavy atom. The number of carbonyl (C=O) groups excluding carboxylic acids is 1. The fourth-order valence-corrected chi connectivity index (χ4v) is 3.45. The summed E-state index contributed by atoms with van der Waals surface area (Å²) in [4.78, 5) is 15.8. The third kappa shape index (κ3) is 5.65. The molecule has 0 saturated carbocycles. The highest BCUT2D eigenvalue weighted by molar-refractivity contribution is 5.87. The zero-order chi connectivity index (χ0) is 25.1. The van der Waals surface area contributed by atoms with E-state index in [1.807, 2.05) is 0 Å². The number of aliphatic hydroxyl groups is 1. The van der Waals surface area contributed by atoms with Crippen molar-refractivity contribution in [2.45, 2.75) is 38.0 Å². The summed E-state index contributed by atoms with van der Waals surface area (Å²) in [7, 11) is 0. The van der Waals surface area contributed by atoms with Crippen molar-refractivity contribution in [1.82, 2.24) is 10.3 Å². The molecule has 0 amide bonds. The molecule has 182 valence electrons. The molecule has 1 aromatic heterocycles.